The molecule has 0 spiro atoms. The molecule has 1 aromatic carbocycles. The SMILES string of the molecule is CC(Oc1ccc(F)cc1)C(=O)NC1(CC(=O)O)CCOCC1. The van der Waals surface area contributed by atoms with E-state index in [1.165, 1.54) is 24.3 Å². The third kappa shape index (κ3) is 4.92. The number of hydrogen-bond acceptors (Lipinski definition) is 4. The van der Waals surface area contributed by atoms with Gasteiger partial charge in [-0.3, -0.25) is 9.59 Å². The van der Waals surface area contributed by atoms with Gasteiger partial charge in [-0.15, -0.1) is 0 Å². The predicted molar refractivity (Wildman–Crippen MR) is 79.7 cm³/mol. The predicted octanol–water partition coefficient (Wildman–Crippen LogP) is 1.73. The normalized spacial score (nSPS) is 18.0. The van der Waals surface area contributed by atoms with E-state index < -0.39 is 29.3 Å². The summed E-state index contributed by atoms with van der Waals surface area (Å²) < 4.78 is 23.6. The fourth-order valence-corrected chi connectivity index (χ4v) is 2.53. The largest absolute Gasteiger partial charge is 0.481 e. The van der Waals surface area contributed by atoms with E-state index in [1.807, 2.05) is 0 Å². The maximum Gasteiger partial charge on any atom is 0.305 e. The van der Waals surface area contributed by atoms with Crippen molar-refractivity contribution in [3.8, 4) is 5.75 Å². The van der Waals surface area contributed by atoms with Gasteiger partial charge >= 0.3 is 5.97 Å². The van der Waals surface area contributed by atoms with Crippen molar-refractivity contribution in [2.24, 2.45) is 0 Å². The van der Waals surface area contributed by atoms with Crippen molar-refractivity contribution in [1.82, 2.24) is 5.32 Å². The average Bonchev–Trinajstić information content (AvgIpc) is 2.49. The van der Waals surface area contributed by atoms with Crippen molar-refractivity contribution in [2.75, 3.05) is 13.2 Å². The fraction of sp³-hybridized carbons (Fsp3) is 0.500. The number of hydrogen-bond donors (Lipinski definition) is 2. The topological polar surface area (TPSA) is 84.9 Å². The van der Waals surface area contributed by atoms with Gasteiger partial charge in [0.15, 0.2) is 6.10 Å². The number of aliphatic carboxylic acids is 1. The van der Waals surface area contributed by atoms with Crippen molar-refractivity contribution in [2.45, 2.75) is 37.8 Å². The van der Waals surface area contributed by atoms with Crippen LogP contribution >= 0.6 is 0 Å². The van der Waals surface area contributed by atoms with Gasteiger partial charge < -0.3 is 19.9 Å². The van der Waals surface area contributed by atoms with E-state index in [1.54, 1.807) is 6.92 Å². The number of rotatable bonds is 6. The fourth-order valence-electron chi connectivity index (χ4n) is 2.53. The Hall–Kier alpha value is -2.15. The summed E-state index contributed by atoms with van der Waals surface area (Å²) in [6.07, 6.45) is -0.109. The Morgan fingerprint density at radius 3 is 2.52 bits per heavy atom. The van der Waals surface area contributed by atoms with Crippen LogP contribution in [0.15, 0.2) is 24.3 Å². The van der Waals surface area contributed by atoms with Crippen LogP contribution in [0.1, 0.15) is 26.2 Å². The highest BCUT2D eigenvalue weighted by molar-refractivity contribution is 5.82. The molecule has 0 saturated carbocycles. The Balaban J connectivity index is 1.99. The minimum atomic E-state index is -0.973. The molecule has 7 heteroatoms. The zero-order valence-electron chi connectivity index (χ0n) is 12.9. The van der Waals surface area contributed by atoms with E-state index in [2.05, 4.69) is 5.32 Å². The number of benzene rings is 1. The number of halogens is 1. The van der Waals surface area contributed by atoms with Gasteiger partial charge in [0.25, 0.3) is 5.91 Å². The maximum absolute atomic E-state index is 12.9. The van der Waals surface area contributed by atoms with Crippen LogP contribution in [-0.4, -0.2) is 41.8 Å². The van der Waals surface area contributed by atoms with E-state index in [9.17, 15) is 14.0 Å². The molecule has 1 atom stereocenters. The minimum Gasteiger partial charge on any atom is -0.481 e. The number of nitrogens with one attached hydrogen (secondary N) is 1. The van der Waals surface area contributed by atoms with Gasteiger partial charge in [0.2, 0.25) is 0 Å². The van der Waals surface area contributed by atoms with Crippen molar-refractivity contribution < 1.29 is 28.6 Å². The molecule has 1 unspecified atom stereocenters. The molecule has 1 aliphatic rings. The van der Waals surface area contributed by atoms with E-state index in [-0.39, 0.29) is 6.42 Å². The summed E-state index contributed by atoms with van der Waals surface area (Å²) in [5.41, 5.74) is -0.818. The van der Waals surface area contributed by atoms with Crippen LogP contribution in [0.3, 0.4) is 0 Å². The Morgan fingerprint density at radius 1 is 1.35 bits per heavy atom. The van der Waals surface area contributed by atoms with E-state index >= 15 is 0 Å². The summed E-state index contributed by atoms with van der Waals surface area (Å²) in [5.74, 6) is -1.40. The first-order chi connectivity index (χ1) is 10.9. The molecule has 0 radical (unpaired) electrons. The van der Waals surface area contributed by atoms with Gasteiger partial charge in [-0.25, -0.2) is 4.39 Å². The zero-order valence-corrected chi connectivity index (χ0v) is 12.9. The quantitative estimate of drug-likeness (QED) is 0.832. The second-order valence-corrected chi connectivity index (χ2v) is 5.67. The average molecular weight is 325 g/mol. The lowest BCUT2D eigenvalue weighted by atomic mass is 9.86. The first kappa shape index (κ1) is 17.2. The van der Waals surface area contributed by atoms with Crippen molar-refractivity contribution >= 4 is 11.9 Å². The van der Waals surface area contributed by atoms with Crippen LogP contribution in [-0.2, 0) is 14.3 Å². The Bertz CT molecular complexity index is 554. The highest BCUT2D eigenvalue weighted by atomic mass is 19.1. The molecule has 1 saturated heterocycles. The van der Waals surface area contributed by atoms with Gasteiger partial charge in [0.05, 0.1) is 12.0 Å². The molecule has 1 fully saturated rings. The molecule has 2 N–H and O–H groups in total. The van der Waals surface area contributed by atoms with E-state index in [4.69, 9.17) is 14.6 Å². The molecular weight excluding hydrogens is 305 g/mol. The lowest BCUT2D eigenvalue weighted by molar-refractivity contribution is -0.141. The number of amides is 1. The lowest BCUT2D eigenvalue weighted by Gasteiger charge is -2.37. The molecule has 6 nitrogen and oxygen atoms in total. The second kappa shape index (κ2) is 7.41. The molecule has 1 amide bonds. The van der Waals surface area contributed by atoms with Crippen LogP contribution in [0, 0.1) is 5.82 Å². The van der Waals surface area contributed by atoms with Crippen LogP contribution in [0.2, 0.25) is 0 Å². The van der Waals surface area contributed by atoms with Crippen LogP contribution in [0.25, 0.3) is 0 Å². The van der Waals surface area contributed by atoms with Gasteiger partial charge in [-0.05, 0) is 44.0 Å². The molecule has 1 aliphatic heterocycles. The van der Waals surface area contributed by atoms with Gasteiger partial charge in [-0.2, -0.15) is 0 Å². The molecular formula is C16H20FNO5. The molecule has 1 heterocycles. The smallest absolute Gasteiger partial charge is 0.305 e. The molecule has 0 bridgehead atoms. The molecule has 126 valence electrons. The number of carbonyl (C=O) groups is 2. The molecule has 0 aliphatic carbocycles. The monoisotopic (exact) mass is 325 g/mol. The summed E-state index contributed by atoms with van der Waals surface area (Å²) >= 11 is 0. The Morgan fingerprint density at radius 2 is 1.96 bits per heavy atom. The number of carboxylic acid groups (broad SMARTS) is 1. The van der Waals surface area contributed by atoms with Crippen LogP contribution in [0.5, 0.6) is 5.75 Å². The zero-order chi connectivity index (χ0) is 16.9. The number of carboxylic acids is 1. The lowest BCUT2D eigenvalue weighted by Crippen LogP contribution is -2.56. The summed E-state index contributed by atoms with van der Waals surface area (Å²) in [5, 5.41) is 11.9. The summed E-state index contributed by atoms with van der Waals surface area (Å²) in [6.45, 7) is 2.37. The Labute approximate surface area is 133 Å². The first-order valence-electron chi connectivity index (χ1n) is 7.44. The second-order valence-electron chi connectivity index (χ2n) is 5.67. The maximum atomic E-state index is 12.9. The first-order valence-corrected chi connectivity index (χ1v) is 7.44. The molecule has 0 aromatic heterocycles. The molecule has 1 aromatic rings. The van der Waals surface area contributed by atoms with E-state index in [0.29, 0.717) is 31.8 Å². The van der Waals surface area contributed by atoms with Gasteiger partial charge in [-0.1, -0.05) is 0 Å². The number of ether oxygens (including phenoxy) is 2. The van der Waals surface area contributed by atoms with Crippen LogP contribution < -0.4 is 10.1 Å². The van der Waals surface area contributed by atoms with Gasteiger partial charge in [0.1, 0.15) is 11.6 Å². The van der Waals surface area contributed by atoms with Gasteiger partial charge in [0, 0.05) is 13.2 Å². The third-order valence-corrected chi connectivity index (χ3v) is 3.82. The molecule has 2 rings (SSSR count). The van der Waals surface area contributed by atoms with Crippen molar-refractivity contribution in [3.63, 3.8) is 0 Å². The van der Waals surface area contributed by atoms with Crippen molar-refractivity contribution in [1.29, 1.82) is 0 Å². The Kier molecular flexibility index (Phi) is 5.54. The van der Waals surface area contributed by atoms with E-state index in [0.717, 1.165) is 0 Å². The highest BCUT2D eigenvalue weighted by Crippen LogP contribution is 2.25. The third-order valence-electron chi connectivity index (χ3n) is 3.82. The summed E-state index contributed by atoms with van der Waals surface area (Å²) in [4.78, 5) is 23.4. The standard InChI is InChI=1S/C16H20FNO5/c1-11(23-13-4-2-12(17)3-5-13)15(21)18-16(10-14(19)20)6-8-22-9-7-16/h2-5,11H,6-10H2,1H3,(H,18,21)(H,19,20). The minimum absolute atomic E-state index is 0.161. The summed E-state index contributed by atoms with van der Waals surface area (Å²) in [7, 11) is 0. The highest BCUT2D eigenvalue weighted by Gasteiger charge is 2.37. The summed E-state index contributed by atoms with van der Waals surface area (Å²) in [6, 6.07) is 5.34. The van der Waals surface area contributed by atoms with Crippen molar-refractivity contribution in [3.05, 3.63) is 30.1 Å². The molecule has 23 heavy (non-hydrogen) atoms. The van der Waals surface area contributed by atoms with Crippen LogP contribution in [0.4, 0.5) is 4.39 Å². The number of carbonyl (C=O) groups excluding carboxylic acids is 1.